The molecule has 122 valence electrons. The zero-order chi connectivity index (χ0) is 16.5. The highest BCUT2D eigenvalue weighted by atomic mass is 16.5. The fourth-order valence-corrected chi connectivity index (χ4v) is 2.17. The Kier molecular flexibility index (Phi) is 6.41. The third-order valence-corrected chi connectivity index (χ3v) is 3.45. The first-order valence-electron chi connectivity index (χ1n) is 7.91. The molecule has 0 saturated carbocycles. The summed E-state index contributed by atoms with van der Waals surface area (Å²) < 4.78 is 5.72. The molecule has 0 aliphatic carbocycles. The van der Waals surface area contributed by atoms with Crippen LogP contribution in [0, 0.1) is 0 Å². The lowest BCUT2D eigenvalue weighted by Gasteiger charge is -2.09. The predicted octanol–water partition coefficient (Wildman–Crippen LogP) is 3.16. The molecule has 1 aromatic heterocycles. The van der Waals surface area contributed by atoms with Gasteiger partial charge in [-0.15, -0.1) is 0 Å². The Morgan fingerprint density at radius 1 is 1.26 bits per heavy atom. The molecule has 1 heterocycles. The number of anilines is 1. The highest BCUT2D eigenvalue weighted by Gasteiger charge is 2.09. The lowest BCUT2D eigenvalue weighted by molar-refractivity contribution is 0.0951. The van der Waals surface area contributed by atoms with E-state index in [2.05, 4.69) is 17.2 Å². The van der Waals surface area contributed by atoms with Crippen molar-refractivity contribution in [3.63, 3.8) is 0 Å². The summed E-state index contributed by atoms with van der Waals surface area (Å²) in [5.41, 5.74) is 7.07. The van der Waals surface area contributed by atoms with Gasteiger partial charge in [-0.05, 0) is 36.2 Å². The Morgan fingerprint density at radius 2 is 2.13 bits per heavy atom. The quantitative estimate of drug-likeness (QED) is 0.734. The van der Waals surface area contributed by atoms with E-state index >= 15 is 0 Å². The average molecular weight is 313 g/mol. The number of unbranched alkanes of at least 4 members (excludes halogenated alkanes) is 2. The minimum atomic E-state index is -0.232. The van der Waals surface area contributed by atoms with Crippen LogP contribution in [-0.4, -0.2) is 17.5 Å². The van der Waals surface area contributed by atoms with Crippen molar-refractivity contribution in [3.8, 4) is 5.75 Å². The lowest BCUT2D eigenvalue weighted by Crippen LogP contribution is -2.24. The number of nitrogens with two attached hydrogens (primary N) is 1. The van der Waals surface area contributed by atoms with E-state index in [0.717, 1.165) is 24.3 Å². The zero-order valence-electron chi connectivity index (χ0n) is 13.4. The van der Waals surface area contributed by atoms with E-state index in [1.165, 1.54) is 12.8 Å². The molecule has 0 aliphatic heterocycles. The molecule has 0 spiro atoms. The Morgan fingerprint density at radius 3 is 2.91 bits per heavy atom. The van der Waals surface area contributed by atoms with Crippen molar-refractivity contribution in [1.29, 1.82) is 0 Å². The van der Waals surface area contributed by atoms with Gasteiger partial charge in [-0.25, -0.2) is 4.98 Å². The number of carbonyl (C=O) groups excluding carboxylic acids is 1. The van der Waals surface area contributed by atoms with E-state index < -0.39 is 0 Å². The van der Waals surface area contributed by atoms with Crippen molar-refractivity contribution in [3.05, 3.63) is 53.7 Å². The van der Waals surface area contributed by atoms with Crippen LogP contribution in [0.4, 0.5) is 5.82 Å². The van der Waals surface area contributed by atoms with Crippen LogP contribution in [0.1, 0.15) is 42.1 Å². The molecule has 0 saturated heterocycles. The maximum absolute atomic E-state index is 12.1. The molecule has 0 atom stereocenters. The van der Waals surface area contributed by atoms with E-state index in [1.54, 1.807) is 18.3 Å². The fourth-order valence-electron chi connectivity index (χ4n) is 2.17. The van der Waals surface area contributed by atoms with Crippen molar-refractivity contribution < 1.29 is 9.53 Å². The minimum Gasteiger partial charge on any atom is -0.494 e. The molecular weight excluding hydrogens is 290 g/mol. The van der Waals surface area contributed by atoms with Gasteiger partial charge in [0.05, 0.1) is 12.2 Å². The van der Waals surface area contributed by atoms with Gasteiger partial charge in [0.1, 0.15) is 11.6 Å². The smallest absolute Gasteiger partial charge is 0.255 e. The van der Waals surface area contributed by atoms with Gasteiger partial charge in [0.15, 0.2) is 0 Å². The maximum Gasteiger partial charge on any atom is 0.255 e. The van der Waals surface area contributed by atoms with Crippen molar-refractivity contribution in [2.24, 2.45) is 0 Å². The van der Waals surface area contributed by atoms with Gasteiger partial charge in [0, 0.05) is 12.7 Å². The van der Waals surface area contributed by atoms with Crippen LogP contribution in [0.3, 0.4) is 0 Å². The number of benzene rings is 1. The molecule has 0 unspecified atom stereocenters. The first-order chi connectivity index (χ1) is 11.2. The highest BCUT2D eigenvalue weighted by Crippen LogP contribution is 2.14. The number of nitrogens with one attached hydrogen (secondary N) is 1. The van der Waals surface area contributed by atoms with Crippen LogP contribution >= 0.6 is 0 Å². The molecular formula is C18H23N3O2. The summed E-state index contributed by atoms with van der Waals surface area (Å²) in [6.07, 6.45) is 4.96. The molecule has 1 aromatic carbocycles. The molecule has 5 heteroatoms. The van der Waals surface area contributed by atoms with E-state index in [-0.39, 0.29) is 11.7 Å². The van der Waals surface area contributed by atoms with E-state index in [9.17, 15) is 4.79 Å². The second-order valence-electron chi connectivity index (χ2n) is 5.32. The molecule has 1 amide bonds. The average Bonchev–Trinajstić information content (AvgIpc) is 2.57. The molecule has 5 nitrogen and oxygen atoms in total. The summed E-state index contributed by atoms with van der Waals surface area (Å²) >= 11 is 0. The van der Waals surface area contributed by atoms with Crippen LogP contribution in [-0.2, 0) is 6.54 Å². The number of hydrogen-bond acceptors (Lipinski definition) is 4. The first-order valence-corrected chi connectivity index (χ1v) is 7.91. The van der Waals surface area contributed by atoms with Crippen LogP contribution in [0.5, 0.6) is 5.75 Å². The minimum absolute atomic E-state index is 0.232. The number of rotatable bonds is 8. The summed E-state index contributed by atoms with van der Waals surface area (Å²) in [5.74, 6) is 0.830. The van der Waals surface area contributed by atoms with Gasteiger partial charge >= 0.3 is 0 Å². The molecule has 0 aliphatic rings. The number of amides is 1. The summed E-state index contributed by atoms with van der Waals surface area (Å²) in [5, 5.41) is 2.85. The van der Waals surface area contributed by atoms with Gasteiger partial charge in [-0.1, -0.05) is 31.9 Å². The summed E-state index contributed by atoms with van der Waals surface area (Å²) in [7, 11) is 0. The maximum atomic E-state index is 12.1. The number of pyridine rings is 1. The number of aromatic nitrogens is 1. The largest absolute Gasteiger partial charge is 0.494 e. The number of hydrogen-bond donors (Lipinski definition) is 2. The fraction of sp³-hybridized carbons (Fsp3) is 0.333. The lowest BCUT2D eigenvalue weighted by atomic mass is 10.2. The molecule has 0 radical (unpaired) electrons. The van der Waals surface area contributed by atoms with Gasteiger partial charge in [0.25, 0.3) is 5.91 Å². The van der Waals surface area contributed by atoms with Gasteiger partial charge < -0.3 is 15.8 Å². The van der Waals surface area contributed by atoms with E-state index in [4.69, 9.17) is 10.5 Å². The monoisotopic (exact) mass is 313 g/mol. The van der Waals surface area contributed by atoms with Crippen molar-refractivity contribution >= 4 is 11.7 Å². The normalized spacial score (nSPS) is 10.3. The van der Waals surface area contributed by atoms with Crippen LogP contribution in [0.25, 0.3) is 0 Å². The van der Waals surface area contributed by atoms with Crippen molar-refractivity contribution in [2.45, 2.75) is 32.7 Å². The Bertz CT molecular complexity index is 644. The van der Waals surface area contributed by atoms with Crippen molar-refractivity contribution in [2.75, 3.05) is 12.3 Å². The molecule has 2 rings (SSSR count). The first kappa shape index (κ1) is 16.8. The number of ether oxygens (including phenoxy) is 1. The summed E-state index contributed by atoms with van der Waals surface area (Å²) in [6.45, 7) is 3.30. The topological polar surface area (TPSA) is 77.2 Å². The molecule has 0 fully saturated rings. The SMILES string of the molecule is CCCCCOc1cccc(CNC(=O)c2cccnc2N)c1. The Labute approximate surface area is 136 Å². The highest BCUT2D eigenvalue weighted by molar-refractivity contribution is 5.98. The van der Waals surface area contributed by atoms with E-state index in [0.29, 0.717) is 12.1 Å². The molecule has 0 bridgehead atoms. The van der Waals surface area contributed by atoms with Crippen molar-refractivity contribution in [1.82, 2.24) is 10.3 Å². The summed E-state index contributed by atoms with van der Waals surface area (Å²) in [6, 6.07) is 11.1. The summed E-state index contributed by atoms with van der Waals surface area (Å²) in [4.78, 5) is 16.0. The standard InChI is InChI=1S/C18H23N3O2/c1-2-3-4-11-23-15-8-5-7-14(12-15)13-21-18(22)16-9-6-10-20-17(16)19/h5-10,12H,2-4,11,13H2,1H3,(H2,19,20)(H,21,22). The third-order valence-electron chi connectivity index (χ3n) is 3.45. The Balaban J connectivity index is 1.88. The number of nitrogen functional groups attached to an aromatic ring is 1. The second-order valence-corrected chi connectivity index (χ2v) is 5.32. The second kappa shape index (κ2) is 8.78. The molecule has 2 aromatic rings. The van der Waals surface area contributed by atoms with Gasteiger partial charge in [-0.2, -0.15) is 0 Å². The zero-order valence-corrected chi connectivity index (χ0v) is 13.4. The van der Waals surface area contributed by atoms with E-state index in [1.807, 2.05) is 24.3 Å². The molecule has 23 heavy (non-hydrogen) atoms. The van der Waals surface area contributed by atoms with Gasteiger partial charge in [0.2, 0.25) is 0 Å². The number of nitrogens with zero attached hydrogens (tertiary/aromatic N) is 1. The van der Waals surface area contributed by atoms with Crippen LogP contribution in [0.15, 0.2) is 42.6 Å². The van der Waals surface area contributed by atoms with Gasteiger partial charge in [-0.3, -0.25) is 4.79 Å². The van der Waals surface area contributed by atoms with Crippen LogP contribution in [0.2, 0.25) is 0 Å². The predicted molar refractivity (Wildman–Crippen MR) is 91.3 cm³/mol. The third kappa shape index (κ3) is 5.29. The van der Waals surface area contributed by atoms with Crippen LogP contribution < -0.4 is 15.8 Å². The number of carbonyl (C=O) groups is 1. The molecule has 3 N–H and O–H groups in total. The Hall–Kier alpha value is -2.56.